The maximum atomic E-state index is 11.9. The maximum absolute atomic E-state index is 11.9. The Hall–Kier alpha value is -0.610. The largest absolute Gasteiger partial charge is 0.322 e. The van der Waals surface area contributed by atoms with Crippen LogP contribution in [0.3, 0.4) is 0 Å². The number of rotatable bonds is 3. The number of hydrogen-bond acceptors (Lipinski definition) is 3. The second-order valence-corrected chi connectivity index (χ2v) is 5.27. The van der Waals surface area contributed by atoms with Crippen LogP contribution in [0, 0.1) is 0 Å². The van der Waals surface area contributed by atoms with Crippen LogP contribution >= 0.6 is 0 Å². The van der Waals surface area contributed by atoms with Crippen LogP contribution < -0.4 is 5.32 Å². The Bertz CT molecular complexity index is 290. The Morgan fingerprint density at radius 1 is 1.31 bits per heavy atom. The fourth-order valence-corrected chi connectivity index (χ4v) is 3.13. The monoisotopic (exact) mass is 223 g/mol. The van der Waals surface area contributed by atoms with Crippen LogP contribution in [0.1, 0.15) is 32.6 Å². The van der Waals surface area contributed by atoms with Gasteiger partial charge in [-0.25, -0.2) is 0 Å². The van der Waals surface area contributed by atoms with Crippen LogP contribution in [0.15, 0.2) is 0 Å². The van der Waals surface area contributed by atoms with Crippen molar-refractivity contribution in [3.05, 3.63) is 0 Å². The number of nitrogens with zero attached hydrogens (tertiary/aromatic N) is 2. The molecule has 0 radical (unpaired) electrons. The molecule has 4 heteroatoms. The van der Waals surface area contributed by atoms with E-state index >= 15 is 0 Å². The van der Waals surface area contributed by atoms with Gasteiger partial charge in [-0.2, -0.15) is 0 Å². The van der Waals surface area contributed by atoms with Crippen LogP contribution in [-0.2, 0) is 4.79 Å². The first-order chi connectivity index (χ1) is 7.79. The van der Waals surface area contributed by atoms with E-state index in [2.05, 4.69) is 22.0 Å². The topological polar surface area (TPSA) is 35.6 Å². The Morgan fingerprint density at radius 2 is 2.12 bits per heavy atom. The lowest BCUT2D eigenvalue weighted by Gasteiger charge is -2.29. The highest BCUT2D eigenvalue weighted by molar-refractivity contribution is 5.81. The highest BCUT2D eigenvalue weighted by Crippen LogP contribution is 2.32. The van der Waals surface area contributed by atoms with Crippen molar-refractivity contribution in [2.75, 3.05) is 19.6 Å². The van der Waals surface area contributed by atoms with Crippen molar-refractivity contribution >= 4 is 5.91 Å². The molecule has 3 rings (SSSR count). The third kappa shape index (κ3) is 1.74. The molecule has 0 bridgehead atoms. The summed E-state index contributed by atoms with van der Waals surface area (Å²) >= 11 is 0. The molecule has 0 spiro atoms. The van der Waals surface area contributed by atoms with Crippen molar-refractivity contribution in [2.45, 2.75) is 50.9 Å². The van der Waals surface area contributed by atoms with Gasteiger partial charge in [0.25, 0.3) is 0 Å². The number of carbonyl (C=O) groups is 1. The minimum Gasteiger partial charge on any atom is -0.322 e. The van der Waals surface area contributed by atoms with E-state index in [1.807, 2.05) is 0 Å². The number of amides is 1. The highest BCUT2D eigenvalue weighted by atomic mass is 16.2. The summed E-state index contributed by atoms with van der Waals surface area (Å²) in [4.78, 5) is 16.6. The van der Waals surface area contributed by atoms with Crippen molar-refractivity contribution < 1.29 is 4.79 Å². The molecule has 4 nitrogen and oxygen atoms in total. The molecule has 1 aliphatic carbocycles. The van der Waals surface area contributed by atoms with Gasteiger partial charge in [0.15, 0.2) is 0 Å². The summed E-state index contributed by atoms with van der Waals surface area (Å²) < 4.78 is 0. The van der Waals surface area contributed by atoms with Gasteiger partial charge in [-0.15, -0.1) is 0 Å². The minimum atomic E-state index is 0.289. The predicted octanol–water partition coefficient (Wildman–Crippen LogP) is 0.391. The standard InChI is InChI=1S/C12H21N3O/c1-2-11-13-7-12(16)15(11)10-5-6-14(8-10)9-3-4-9/h9-11,13H,2-8H2,1H3. The number of carbonyl (C=O) groups excluding carboxylic acids is 1. The zero-order chi connectivity index (χ0) is 11.1. The van der Waals surface area contributed by atoms with E-state index in [0.717, 1.165) is 19.0 Å². The van der Waals surface area contributed by atoms with Crippen molar-refractivity contribution in [3.63, 3.8) is 0 Å². The van der Waals surface area contributed by atoms with Crippen LogP contribution in [0.25, 0.3) is 0 Å². The number of nitrogens with one attached hydrogen (secondary N) is 1. The minimum absolute atomic E-state index is 0.289. The van der Waals surface area contributed by atoms with Crippen LogP contribution in [0.5, 0.6) is 0 Å². The Morgan fingerprint density at radius 3 is 2.81 bits per heavy atom. The lowest BCUT2D eigenvalue weighted by molar-refractivity contribution is -0.130. The third-order valence-electron chi connectivity index (χ3n) is 4.15. The summed E-state index contributed by atoms with van der Waals surface area (Å²) in [5, 5.41) is 3.30. The van der Waals surface area contributed by atoms with Crippen LogP contribution in [0.4, 0.5) is 0 Å². The highest BCUT2D eigenvalue weighted by Gasteiger charge is 2.41. The van der Waals surface area contributed by atoms with Gasteiger partial charge in [-0.05, 0) is 25.7 Å². The first-order valence-electron chi connectivity index (χ1n) is 6.58. The molecule has 0 aromatic rings. The van der Waals surface area contributed by atoms with Crippen LogP contribution in [-0.4, -0.2) is 53.6 Å². The van der Waals surface area contributed by atoms with Crippen molar-refractivity contribution in [1.82, 2.24) is 15.1 Å². The van der Waals surface area contributed by atoms with E-state index in [-0.39, 0.29) is 6.17 Å². The Labute approximate surface area is 97.0 Å². The van der Waals surface area contributed by atoms with Gasteiger partial charge in [0.1, 0.15) is 0 Å². The van der Waals surface area contributed by atoms with Crippen molar-refractivity contribution in [2.24, 2.45) is 0 Å². The average molecular weight is 223 g/mol. The number of likely N-dealkylation sites (tertiary alicyclic amines) is 1. The second kappa shape index (κ2) is 4.00. The zero-order valence-corrected chi connectivity index (χ0v) is 9.98. The first kappa shape index (κ1) is 10.5. The van der Waals surface area contributed by atoms with Gasteiger partial charge in [-0.3, -0.25) is 15.0 Å². The SMILES string of the molecule is CCC1NCC(=O)N1C1CCN(C2CC2)C1. The normalized spacial score (nSPS) is 36.3. The summed E-state index contributed by atoms with van der Waals surface area (Å²) in [6.45, 7) is 4.99. The van der Waals surface area contributed by atoms with E-state index in [9.17, 15) is 4.79 Å². The van der Waals surface area contributed by atoms with Gasteiger partial charge < -0.3 is 4.90 Å². The molecule has 3 fully saturated rings. The van der Waals surface area contributed by atoms with Gasteiger partial charge >= 0.3 is 0 Å². The molecule has 2 unspecified atom stereocenters. The summed E-state index contributed by atoms with van der Waals surface area (Å²) in [5.41, 5.74) is 0. The average Bonchev–Trinajstić information content (AvgIpc) is 2.91. The van der Waals surface area contributed by atoms with E-state index in [0.29, 0.717) is 18.5 Å². The Kier molecular flexibility index (Phi) is 2.64. The zero-order valence-electron chi connectivity index (χ0n) is 9.98. The molecule has 1 saturated carbocycles. The van der Waals surface area contributed by atoms with Crippen LogP contribution in [0.2, 0.25) is 0 Å². The van der Waals surface area contributed by atoms with Gasteiger partial charge in [-0.1, -0.05) is 6.92 Å². The van der Waals surface area contributed by atoms with Gasteiger partial charge in [0.2, 0.25) is 5.91 Å². The first-order valence-corrected chi connectivity index (χ1v) is 6.58. The maximum Gasteiger partial charge on any atom is 0.238 e. The molecule has 1 N–H and O–H groups in total. The summed E-state index contributed by atoms with van der Waals surface area (Å²) in [6, 6.07) is 1.31. The molecule has 0 aromatic carbocycles. The van der Waals surface area contributed by atoms with Gasteiger partial charge in [0, 0.05) is 25.2 Å². The number of hydrogen-bond donors (Lipinski definition) is 1. The summed E-state index contributed by atoms with van der Waals surface area (Å²) in [5.74, 6) is 0.300. The molecular formula is C12H21N3O. The van der Waals surface area contributed by atoms with Crippen molar-refractivity contribution in [1.29, 1.82) is 0 Å². The third-order valence-corrected chi connectivity index (χ3v) is 4.15. The molecule has 2 aliphatic heterocycles. The molecule has 3 aliphatic rings. The smallest absolute Gasteiger partial charge is 0.238 e. The van der Waals surface area contributed by atoms with E-state index < -0.39 is 0 Å². The molecule has 90 valence electrons. The van der Waals surface area contributed by atoms with E-state index in [1.165, 1.54) is 25.8 Å². The molecule has 16 heavy (non-hydrogen) atoms. The quantitative estimate of drug-likeness (QED) is 0.752. The van der Waals surface area contributed by atoms with Crippen molar-refractivity contribution in [3.8, 4) is 0 Å². The lowest BCUT2D eigenvalue weighted by Crippen LogP contribution is -2.45. The predicted molar refractivity (Wildman–Crippen MR) is 61.9 cm³/mol. The summed E-state index contributed by atoms with van der Waals surface area (Å²) in [6.07, 6.45) is 5.22. The molecule has 2 atom stereocenters. The molecule has 2 saturated heterocycles. The Balaban J connectivity index is 1.65. The second-order valence-electron chi connectivity index (χ2n) is 5.27. The van der Waals surface area contributed by atoms with Gasteiger partial charge in [0.05, 0.1) is 12.7 Å². The molecule has 2 heterocycles. The molecule has 1 amide bonds. The lowest BCUT2D eigenvalue weighted by atomic mass is 10.2. The summed E-state index contributed by atoms with van der Waals surface area (Å²) in [7, 11) is 0. The molecule has 0 aromatic heterocycles. The van der Waals surface area contributed by atoms with E-state index in [4.69, 9.17) is 0 Å². The fraction of sp³-hybridized carbons (Fsp3) is 0.917. The molecular weight excluding hydrogens is 202 g/mol. The van der Waals surface area contributed by atoms with E-state index in [1.54, 1.807) is 0 Å². The fourth-order valence-electron chi connectivity index (χ4n) is 3.13.